The summed E-state index contributed by atoms with van der Waals surface area (Å²) in [6, 6.07) is -4.78. The van der Waals surface area contributed by atoms with Crippen LogP contribution in [0, 0.1) is 0 Å². The summed E-state index contributed by atoms with van der Waals surface area (Å²) >= 11 is 0. The summed E-state index contributed by atoms with van der Waals surface area (Å²) < 4.78 is 0. The third-order valence-electron chi connectivity index (χ3n) is 3.33. The third-order valence-corrected chi connectivity index (χ3v) is 3.33. The maximum atomic E-state index is 12.2. The summed E-state index contributed by atoms with van der Waals surface area (Å²) in [5.41, 5.74) is 9.98. The number of nitrogens with two attached hydrogens (primary N) is 2. The minimum Gasteiger partial charge on any atom is -0.481 e. The summed E-state index contributed by atoms with van der Waals surface area (Å²) in [4.78, 5) is 68.4. The van der Waals surface area contributed by atoms with Crippen molar-refractivity contribution in [1.29, 1.82) is 0 Å². The van der Waals surface area contributed by atoms with E-state index < -0.39 is 73.3 Å². The van der Waals surface area contributed by atoms with Gasteiger partial charge < -0.3 is 42.7 Å². The van der Waals surface area contributed by atoms with Gasteiger partial charge in [-0.15, -0.1) is 0 Å². The molecule has 3 unspecified atom stereocenters. The van der Waals surface area contributed by atoms with Crippen molar-refractivity contribution >= 4 is 35.6 Å². The van der Waals surface area contributed by atoms with Crippen molar-refractivity contribution in [2.75, 3.05) is 13.2 Å². The SMILES string of the molecule is NCC(=O)NC(CO)C(=O)NC(CC(=O)O)C(=O)NC(CCC(N)=O)C(=O)O. The summed E-state index contributed by atoms with van der Waals surface area (Å²) in [7, 11) is 0. The molecule has 0 aliphatic rings. The minimum atomic E-state index is -1.72. The minimum absolute atomic E-state index is 0.351. The predicted octanol–water partition coefficient (Wildman–Crippen LogP) is -4.78. The zero-order valence-electron chi connectivity index (χ0n) is 14.7. The molecule has 0 aliphatic carbocycles. The molecule has 28 heavy (non-hydrogen) atoms. The van der Waals surface area contributed by atoms with Crippen LogP contribution in [0.4, 0.5) is 0 Å². The Morgan fingerprint density at radius 2 is 1.39 bits per heavy atom. The summed E-state index contributed by atoms with van der Waals surface area (Å²) in [6.45, 7) is -1.35. The molecule has 0 rings (SSSR count). The van der Waals surface area contributed by atoms with Gasteiger partial charge in [0.05, 0.1) is 19.6 Å². The normalized spacial score (nSPS) is 13.5. The highest BCUT2D eigenvalue weighted by Gasteiger charge is 2.30. The molecule has 0 aromatic carbocycles. The lowest BCUT2D eigenvalue weighted by Crippen LogP contribution is -2.57. The Labute approximate surface area is 158 Å². The van der Waals surface area contributed by atoms with Crippen LogP contribution in [0.5, 0.6) is 0 Å². The lowest BCUT2D eigenvalue weighted by Gasteiger charge is -2.22. The van der Waals surface area contributed by atoms with E-state index >= 15 is 0 Å². The number of aliphatic carboxylic acids is 2. The largest absolute Gasteiger partial charge is 0.481 e. The fourth-order valence-electron chi connectivity index (χ4n) is 1.92. The number of carboxylic acid groups (broad SMARTS) is 2. The van der Waals surface area contributed by atoms with E-state index in [9.17, 15) is 28.8 Å². The highest BCUT2D eigenvalue weighted by Crippen LogP contribution is 2.01. The summed E-state index contributed by atoms with van der Waals surface area (Å²) in [6.07, 6.45) is -1.62. The van der Waals surface area contributed by atoms with E-state index in [0.717, 1.165) is 0 Å². The van der Waals surface area contributed by atoms with Crippen LogP contribution in [0.3, 0.4) is 0 Å². The van der Waals surface area contributed by atoms with Crippen molar-refractivity contribution in [3.63, 3.8) is 0 Å². The quantitative estimate of drug-likeness (QED) is 0.145. The predicted molar refractivity (Wildman–Crippen MR) is 90.2 cm³/mol. The molecule has 158 valence electrons. The number of primary amides is 1. The van der Waals surface area contributed by atoms with E-state index in [2.05, 4.69) is 5.32 Å². The number of carbonyl (C=O) groups excluding carboxylic acids is 4. The Morgan fingerprint density at radius 3 is 1.82 bits per heavy atom. The molecule has 3 atom stereocenters. The van der Waals surface area contributed by atoms with Crippen molar-refractivity contribution in [2.45, 2.75) is 37.4 Å². The monoisotopic (exact) mass is 405 g/mol. The molecular formula is C14H23N5O9. The molecule has 14 heteroatoms. The van der Waals surface area contributed by atoms with Gasteiger partial charge >= 0.3 is 11.9 Å². The highest BCUT2D eigenvalue weighted by atomic mass is 16.4. The van der Waals surface area contributed by atoms with Crippen molar-refractivity contribution in [3.05, 3.63) is 0 Å². The van der Waals surface area contributed by atoms with E-state index in [-0.39, 0.29) is 12.8 Å². The number of aliphatic hydroxyl groups is 1. The number of hydrogen-bond acceptors (Lipinski definition) is 8. The van der Waals surface area contributed by atoms with E-state index in [1.165, 1.54) is 0 Å². The number of nitrogens with one attached hydrogen (secondary N) is 3. The van der Waals surface area contributed by atoms with Crippen molar-refractivity contribution in [2.24, 2.45) is 11.5 Å². The van der Waals surface area contributed by atoms with Gasteiger partial charge in [-0.05, 0) is 6.42 Å². The van der Waals surface area contributed by atoms with Crippen molar-refractivity contribution in [1.82, 2.24) is 16.0 Å². The van der Waals surface area contributed by atoms with E-state index in [1.54, 1.807) is 0 Å². The van der Waals surface area contributed by atoms with E-state index in [0.29, 0.717) is 0 Å². The maximum absolute atomic E-state index is 12.2. The molecule has 0 bridgehead atoms. The smallest absolute Gasteiger partial charge is 0.326 e. The zero-order valence-corrected chi connectivity index (χ0v) is 14.7. The first kappa shape index (κ1) is 24.7. The summed E-state index contributed by atoms with van der Waals surface area (Å²) in [5.74, 6) is -6.83. The van der Waals surface area contributed by atoms with Gasteiger partial charge in [-0.3, -0.25) is 24.0 Å². The van der Waals surface area contributed by atoms with Crippen LogP contribution in [0.15, 0.2) is 0 Å². The average Bonchev–Trinajstić information content (AvgIpc) is 2.60. The molecule has 0 saturated heterocycles. The van der Waals surface area contributed by atoms with Crippen LogP contribution < -0.4 is 27.4 Å². The molecule has 0 heterocycles. The van der Waals surface area contributed by atoms with Crippen LogP contribution in [-0.4, -0.2) is 82.2 Å². The van der Waals surface area contributed by atoms with Crippen LogP contribution in [0.2, 0.25) is 0 Å². The highest BCUT2D eigenvalue weighted by molar-refractivity contribution is 5.95. The first-order valence-electron chi connectivity index (χ1n) is 7.95. The second-order valence-electron chi connectivity index (χ2n) is 5.57. The fourth-order valence-corrected chi connectivity index (χ4v) is 1.92. The standard InChI is InChI=1S/C14H23N5O9/c15-4-10(22)17-8(5-20)13(26)19-7(3-11(23)24)12(25)18-6(14(27)28)1-2-9(16)21/h6-8,20H,1-5,15H2,(H2,16,21)(H,17,22)(H,18,25)(H,19,26)(H,23,24)(H,27,28). The van der Waals surface area contributed by atoms with Gasteiger partial charge in [0.1, 0.15) is 18.1 Å². The Kier molecular flexibility index (Phi) is 10.8. The molecule has 0 saturated carbocycles. The Morgan fingerprint density at radius 1 is 0.857 bits per heavy atom. The Hall–Kier alpha value is -3.26. The third kappa shape index (κ3) is 9.44. The van der Waals surface area contributed by atoms with Crippen LogP contribution >= 0.6 is 0 Å². The number of hydrogen-bond donors (Lipinski definition) is 8. The van der Waals surface area contributed by atoms with Crippen LogP contribution in [0.25, 0.3) is 0 Å². The first-order chi connectivity index (χ1) is 13.0. The molecule has 10 N–H and O–H groups in total. The first-order valence-corrected chi connectivity index (χ1v) is 7.95. The number of rotatable bonds is 13. The van der Waals surface area contributed by atoms with Crippen LogP contribution in [-0.2, 0) is 28.8 Å². The van der Waals surface area contributed by atoms with Gasteiger partial charge in [-0.25, -0.2) is 4.79 Å². The van der Waals surface area contributed by atoms with E-state index in [1.807, 2.05) is 10.6 Å². The Balaban J connectivity index is 5.21. The second kappa shape index (κ2) is 12.2. The lowest BCUT2D eigenvalue weighted by atomic mass is 10.1. The van der Waals surface area contributed by atoms with Gasteiger partial charge in [-0.1, -0.05) is 0 Å². The molecule has 0 radical (unpaired) electrons. The molecule has 0 fully saturated rings. The molecule has 0 spiro atoms. The van der Waals surface area contributed by atoms with Gasteiger partial charge in [0.25, 0.3) is 0 Å². The van der Waals surface area contributed by atoms with Crippen molar-refractivity contribution in [3.8, 4) is 0 Å². The van der Waals surface area contributed by atoms with Gasteiger partial charge in [-0.2, -0.15) is 0 Å². The molecule has 0 aromatic rings. The number of carbonyl (C=O) groups is 6. The summed E-state index contributed by atoms with van der Waals surface area (Å²) in [5, 5.41) is 33.2. The van der Waals surface area contributed by atoms with E-state index in [4.69, 9.17) is 26.8 Å². The number of carboxylic acids is 2. The van der Waals surface area contributed by atoms with Crippen molar-refractivity contribution < 1.29 is 44.1 Å². The van der Waals surface area contributed by atoms with Gasteiger partial charge in [0, 0.05) is 6.42 Å². The lowest BCUT2D eigenvalue weighted by molar-refractivity contribution is -0.143. The van der Waals surface area contributed by atoms with Gasteiger partial charge in [0.15, 0.2) is 0 Å². The molecule has 0 aromatic heterocycles. The Bertz CT molecular complexity index is 624. The van der Waals surface area contributed by atoms with Gasteiger partial charge in [0.2, 0.25) is 23.6 Å². The zero-order chi connectivity index (χ0) is 21.9. The maximum Gasteiger partial charge on any atom is 0.326 e. The van der Waals surface area contributed by atoms with Crippen LogP contribution in [0.1, 0.15) is 19.3 Å². The fraction of sp³-hybridized carbons (Fsp3) is 0.571. The molecule has 14 nitrogen and oxygen atoms in total. The number of aliphatic hydroxyl groups excluding tert-OH is 1. The average molecular weight is 405 g/mol. The topological polar surface area (TPSA) is 251 Å². The molecular weight excluding hydrogens is 382 g/mol. The molecule has 0 aliphatic heterocycles. The second-order valence-corrected chi connectivity index (χ2v) is 5.57. The number of amides is 4. The molecule has 4 amide bonds.